The van der Waals surface area contributed by atoms with Crippen LogP contribution in [-0.4, -0.2) is 56.0 Å². The van der Waals surface area contributed by atoms with Crippen LogP contribution in [0.5, 0.6) is 0 Å². The number of methoxy groups -OCH3 is 1. The first-order chi connectivity index (χ1) is 8.81. The Labute approximate surface area is 116 Å². The molecule has 1 amide bonds. The van der Waals surface area contributed by atoms with E-state index in [-0.39, 0.29) is 6.09 Å². The highest BCUT2D eigenvalue weighted by Crippen LogP contribution is 2.19. The number of carbonyl (C=O) groups excluding carboxylic acids is 1. The number of nitrogens with one attached hydrogen (secondary N) is 1. The highest BCUT2D eigenvalue weighted by Gasteiger charge is 2.29. The minimum Gasteiger partial charge on any atom is -0.444 e. The molecule has 0 radical (unpaired) electrons. The van der Waals surface area contributed by atoms with E-state index in [0.29, 0.717) is 18.6 Å². The number of ether oxygens (including phenoxy) is 2. The van der Waals surface area contributed by atoms with E-state index in [0.717, 1.165) is 26.1 Å². The third-order valence-electron chi connectivity index (χ3n) is 3.11. The van der Waals surface area contributed by atoms with E-state index in [1.165, 1.54) is 0 Å². The molecule has 19 heavy (non-hydrogen) atoms. The number of hydrogen-bond donors (Lipinski definition) is 1. The second-order valence-corrected chi connectivity index (χ2v) is 6.35. The molecule has 1 heterocycles. The predicted octanol–water partition coefficient (Wildman–Crippen LogP) is 1.87. The van der Waals surface area contributed by atoms with Gasteiger partial charge in [-0.25, -0.2) is 4.79 Å². The first kappa shape index (κ1) is 16.2. The van der Waals surface area contributed by atoms with E-state index in [4.69, 9.17) is 9.47 Å². The summed E-state index contributed by atoms with van der Waals surface area (Å²) in [7, 11) is 1.71. The minimum absolute atomic E-state index is 0.195. The third kappa shape index (κ3) is 6.25. The van der Waals surface area contributed by atoms with Crippen LogP contribution in [0, 0.1) is 5.92 Å². The Morgan fingerprint density at radius 1 is 1.47 bits per heavy atom. The first-order valence-electron chi connectivity index (χ1n) is 7.02. The third-order valence-corrected chi connectivity index (χ3v) is 3.11. The molecule has 1 fully saturated rings. The van der Waals surface area contributed by atoms with Crippen molar-refractivity contribution in [1.29, 1.82) is 0 Å². The van der Waals surface area contributed by atoms with Gasteiger partial charge < -0.3 is 19.7 Å². The molecule has 0 spiro atoms. The van der Waals surface area contributed by atoms with E-state index in [1.54, 1.807) is 12.0 Å². The van der Waals surface area contributed by atoms with Crippen LogP contribution in [0.2, 0.25) is 0 Å². The average Bonchev–Trinajstić information content (AvgIpc) is 2.73. The van der Waals surface area contributed by atoms with E-state index >= 15 is 0 Å². The van der Waals surface area contributed by atoms with Crippen molar-refractivity contribution in [2.24, 2.45) is 5.92 Å². The van der Waals surface area contributed by atoms with Gasteiger partial charge in [-0.2, -0.15) is 0 Å². The molecule has 0 aromatic rings. The summed E-state index contributed by atoms with van der Waals surface area (Å²) in [5.74, 6) is 0.506. The van der Waals surface area contributed by atoms with Crippen LogP contribution in [0.15, 0.2) is 0 Å². The van der Waals surface area contributed by atoms with Crippen molar-refractivity contribution < 1.29 is 14.3 Å². The molecule has 1 N–H and O–H groups in total. The maximum absolute atomic E-state index is 11.9. The number of rotatable bonds is 5. The van der Waals surface area contributed by atoms with Crippen molar-refractivity contribution in [3.05, 3.63) is 0 Å². The summed E-state index contributed by atoms with van der Waals surface area (Å²) < 4.78 is 10.5. The smallest absolute Gasteiger partial charge is 0.410 e. The lowest BCUT2D eigenvalue weighted by Gasteiger charge is -2.24. The van der Waals surface area contributed by atoms with Gasteiger partial charge in [0.15, 0.2) is 0 Å². The molecule has 1 saturated heterocycles. The highest BCUT2D eigenvalue weighted by atomic mass is 16.6. The van der Waals surface area contributed by atoms with Gasteiger partial charge in [0.2, 0.25) is 0 Å². The van der Waals surface area contributed by atoms with Gasteiger partial charge in [0.25, 0.3) is 0 Å². The predicted molar refractivity (Wildman–Crippen MR) is 75.3 cm³/mol. The van der Waals surface area contributed by atoms with E-state index in [9.17, 15) is 4.79 Å². The molecule has 1 aliphatic heterocycles. The summed E-state index contributed by atoms with van der Waals surface area (Å²) in [5, 5.41) is 3.43. The molecular weight excluding hydrogens is 244 g/mol. The molecule has 112 valence electrons. The SMILES string of the molecule is COCC(C)NCC1CCN(C(=O)OC(C)(C)C)C1. The summed E-state index contributed by atoms with van der Waals surface area (Å²) >= 11 is 0. The second-order valence-electron chi connectivity index (χ2n) is 6.35. The lowest BCUT2D eigenvalue weighted by molar-refractivity contribution is 0.0288. The molecule has 0 aromatic carbocycles. The fourth-order valence-corrected chi connectivity index (χ4v) is 2.17. The van der Waals surface area contributed by atoms with Gasteiger partial charge in [-0.1, -0.05) is 0 Å². The number of hydrogen-bond acceptors (Lipinski definition) is 4. The van der Waals surface area contributed by atoms with Gasteiger partial charge in [-0.3, -0.25) is 0 Å². The molecule has 5 nitrogen and oxygen atoms in total. The zero-order valence-corrected chi connectivity index (χ0v) is 12.9. The van der Waals surface area contributed by atoms with E-state index in [1.807, 2.05) is 20.8 Å². The Balaban J connectivity index is 2.27. The molecule has 1 rings (SSSR count). The Kier molecular flexibility index (Phi) is 6.07. The Hall–Kier alpha value is -0.810. The highest BCUT2D eigenvalue weighted by molar-refractivity contribution is 5.68. The maximum Gasteiger partial charge on any atom is 0.410 e. The molecule has 0 aliphatic carbocycles. The van der Waals surface area contributed by atoms with E-state index < -0.39 is 5.60 Å². The van der Waals surface area contributed by atoms with Crippen molar-refractivity contribution in [2.75, 3.05) is 33.4 Å². The second kappa shape index (κ2) is 7.10. The molecule has 2 unspecified atom stereocenters. The van der Waals surface area contributed by atoms with Crippen molar-refractivity contribution in [3.8, 4) is 0 Å². The molecule has 0 bridgehead atoms. The molecule has 2 atom stereocenters. The van der Waals surface area contributed by atoms with Gasteiger partial charge in [0.1, 0.15) is 5.60 Å². The van der Waals surface area contributed by atoms with Crippen LogP contribution >= 0.6 is 0 Å². The van der Waals surface area contributed by atoms with Crippen LogP contribution < -0.4 is 5.32 Å². The fraction of sp³-hybridized carbons (Fsp3) is 0.929. The van der Waals surface area contributed by atoms with Crippen molar-refractivity contribution in [1.82, 2.24) is 10.2 Å². The number of carbonyl (C=O) groups is 1. The Morgan fingerprint density at radius 2 is 2.16 bits per heavy atom. The number of amides is 1. The zero-order chi connectivity index (χ0) is 14.5. The van der Waals surface area contributed by atoms with Crippen LogP contribution in [0.4, 0.5) is 4.79 Å². The normalized spacial score (nSPS) is 21.5. The van der Waals surface area contributed by atoms with Gasteiger partial charge >= 0.3 is 6.09 Å². The van der Waals surface area contributed by atoms with Crippen LogP contribution in [0.3, 0.4) is 0 Å². The van der Waals surface area contributed by atoms with Gasteiger partial charge in [0.05, 0.1) is 6.61 Å². The number of likely N-dealkylation sites (tertiary alicyclic amines) is 1. The summed E-state index contributed by atoms with van der Waals surface area (Å²) in [4.78, 5) is 13.7. The Morgan fingerprint density at radius 3 is 2.74 bits per heavy atom. The lowest BCUT2D eigenvalue weighted by atomic mass is 10.1. The standard InChI is InChI=1S/C14H28N2O3/c1-11(10-18-5)15-8-12-6-7-16(9-12)13(17)19-14(2,3)4/h11-12,15H,6-10H2,1-5H3. The van der Waals surface area contributed by atoms with Crippen molar-refractivity contribution in [3.63, 3.8) is 0 Å². The van der Waals surface area contributed by atoms with Crippen molar-refractivity contribution >= 4 is 6.09 Å². The fourth-order valence-electron chi connectivity index (χ4n) is 2.17. The van der Waals surface area contributed by atoms with Crippen LogP contribution in [0.25, 0.3) is 0 Å². The monoisotopic (exact) mass is 272 g/mol. The lowest BCUT2D eigenvalue weighted by Crippen LogP contribution is -2.37. The van der Waals surface area contributed by atoms with Crippen LogP contribution in [0.1, 0.15) is 34.1 Å². The maximum atomic E-state index is 11.9. The quantitative estimate of drug-likeness (QED) is 0.830. The largest absolute Gasteiger partial charge is 0.444 e. The molecule has 0 aromatic heterocycles. The first-order valence-corrected chi connectivity index (χ1v) is 7.02. The molecule has 1 aliphatic rings. The van der Waals surface area contributed by atoms with Gasteiger partial charge in [-0.05, 0) is 40.0 Å². The summed E-state index contributed by atoms with van der Waals surface area (Å²) in [6, 6.07) is 0.348. The Bertz CT molecular complexity index is 289. The number of nitrogens with zero attached hydrogens (tertiary/aromatic N) is 1. The van der Waals surface area contributed by atoms with Crippen LogP contribution in [-0.2, 0) is 9.47 Å². The zero-order valence-electron chi connectivity index (χ0n) is 12.9. The molecule has 5 heteroatoms. The van der Waals surface area contributed by atoms with Crippen molar-refractivity contribution in [2.45, 2.75) is 45.8 Å². The summed E-state index contributed by atoms with van der Waals surface area (Å²) in [6.07, 6.45) is 0.839. The van der Waals surface area contributed by atoms with Gasteiger partial charge in [-0.15, -0.1) is 0 Å². The molecule has 0 saturated carbocycles. The summed E-state index contributed by atoms with van der Waals surface area (Å²) in [5.41, 5.74) is -0.416. The molecular formula is C14H28N2O3. The topological polar surface area (TPSA) is 50.8 Å². The summed E-state index contributed by atoms with van der Waals surface area (Å²) in [6.45, 7) is 11.0. The van der Waals surface area contributed by atoms with E-state index in [2.05, 4.69) is 12.2 Å². The van der Waals surface area contributed by atoms with Gasteiger partial charge in [0, 0.05) is 32.8 Å². The average molecular weight is 272 g/mol. The minimum atomic E-state index is -0.416.